The van der Waals surface area contributed by atoms with Gasteiger partial charge in [0.1, 0.15) is 5.02 Å². The molecule has 122 valence electrons. The molecule has 7 heteroatoms. The number of benzene rings is 2. The summed E-state index contributed by atoms with van der Waals surface area (Å²) in [6.07, 6.45) is 0.357. The molecule has 5 nitrogen and oxygen atoms in total. The molecule has 3 rings (SSSR count). The molecule has 2 aromatic carbocycles. The molecule has 0 aliphatic rings. The van der Waals surface area contributed by atoms with Crippen molar-refractivity contribution in [2.45, 2.75) is 12.8 Å². The molecule has 1 heterocycles. The predicted octanol–water partition coefficient (Wildman–Crippen LogP) is 4.58. The fourth-order valence-electron chi connectivity index (χ4n) is 2.01. The number of hydrogen-bond donors (Lipinski definition) is 0. The van der Waals surface area contributed by atoms with E-state index in [1.54, 1.807) is 18.2 Å². The van der Waals surface area contributed by atoms with Gasteiger partial charge in [0.2, 0.25) is 11.7 Å². The monoisotopic (exact) mass is 362 g/mol. The SMILES string of the molecule is O=C(CCc1nc(-c2ccccc2)no1)Oc1cccc(Cl)c1Cl. The number of carbonyl (C=O) groups is 1. The Morgan fingerprint density at radius 2 is 1.88 bits per heavy atom. The number of ether oxygens (including phenoxy) is 1. The van der Waals surface area contributed by atoms with Gasteiger partial charge in [-0.15, -0.1) is 0 Å². The first kappa shape index (κ1) is 16.5. The molecule has 0 N–H and O–H groups in total. The number of hydrogen-bond acceptors (Lipinski definition) is 5. The third kappa shape index (κ3) is 3.93. The molecule has 3 aromatic rings. The third-order valence-electron chi connectivity index (χ3n) is 3.18. The van der Waals surface area contributed by atoms with Crippen molar-refractivity contribution in [3.8, 4) is 17.1 Å². The topological polar surface area (TPSA) is 65.2 Å². The van der Waals surface area contributed by atoms with Crippen molar-refractivity contribution < 1.29 is 14.1 Å². The van der Waals surface area contributed by atoms with Gasteiger partial charge in [-0.2, -0.15) is 4.98 Å². The Balaban J connectivity index is 1.59. The van der Waals surface area contributed by atoms with Gasteiger partial charge >= 0.3 is 5.97 Å². The van der Waals surface area contributed by atoms with E-state index in [0.29, 0.717) is 16.7 Å². The van der Waals surface area contributed by atoms with Gasteiger partial charge in [-0.1, -0.05) is 64.8 Å². The van der Waals surface area contributed by atoms with Crippen LogP contribution >= 0.6 is 23.2 Å². The number of carbonyl (C=O) groups excluding carboxylic acids is 1. The maximum atomic E-state index is 11.9. The quantitative estimate of drug-likeness (QED) is 0.490. The zero-order valence-corrected chi connectivity index (χ0v) is 13.9. The van der Waals surface area contributed by atoms with Crippen LogP contribution in [0.25, 0.3) is 11.4 Å². The average Bonchev–Trinajstić information content (AvgIpc) is 3.07. The zero-order chi connectivity index (χ0) is 16.9. The highest BCUT2D eigenvalue weighted by Crippen LogP contribution is 2.31. The molecule has 0 unspecified atom stereocenters. The Hall–Kier alpha value is -2.37. The van der Waals surface area contributed by atoms with Crippen LogP contribution in [0.2, 0.25) is 10.0 Å². The highest BCUT2D eigenvalue weighted by molar-refractivity contribution is 6.43. The molecule has 24 heavy (non-hydrogen) atoms. The van der Waals surface area contributed by atoms with Gasteiger partial charge in [-0.3, -0.25) is 4.79 Å². The molecule has 0 fully saturated rings. The van der Waals surface area contributed by atoms with E-state index in [1.165, 1.54) is 0 Å². The number of esters is 1. The van der Waals surface area contributed by atoms with Crippen LogP contribution in [-0.2, 0) is 11.2 Å². The van der Waals surface area contributed by atoms with Crippen molar-refractivity contribution in [2.75, 3.05) is 0 Å². The lowest BCUT2D eigenvalue weighted by Gasteiger charge is -2.06. The fourth-order valence-corrected chi connectivity index (χ4v) is 2.34. The van der Waals surface area contributed by atoms with Crippen molar-refractivity contribution in [1.29, 1.82) is 0 Å². The highest BCUT2D eigenvalue weighted by atomic mass is 35.5. The first-order chi connectivity index (χ1) is 11.6. The van der Waals surface area contributed by atoms with Gasteiger partial charge in [-0.05, 0) is 12.1 Å². The molecule has 0 saturated heterocycles. The maximum absolute atomic E-state index is 11.9. The second kappa shape index (κ2) is 7.47. The molecule has 0 aliphatic heterocycles. The van der Waals surface area contributed by atoms with Crippen LogP contribution in [0.15, 0.2) is 53.1 Å². The van der Waals surface area contributed by atoms with Gasteiger partial charge < -0.3 is 9.26 Å². The third-order valence-corrected chi connectivity index (χ3v) is 3.98. The van der Waals surface area contributed by atoms with Crippen LogP contribution in [0.5, 0.6) is 5.75 Å². The van der Waals surface area contributed by atoms with Crippen LogP contribution in [0.1, 0.15) is 12.3 Å². The lowest BCUT2D eigenvalue weighted by atomic mass is 10.2. The van der Waals surface area contributed by atoms with E-state index in [2.05, 4.69) is 10.1 Å². The maximum Gasteiger partial charge on any atom is 0.311 e. The standard InChI is InChI=1S/C17H12Cl2N2O3/c18-12-7-4-8-13(16(12)19)23-15(22)10-9-14-20-17(21-24-14)11-5-2-1-3-6-11/h1-8H,9-10H2. The number of rotatable bonds is 5. The van der Waals surface area contributed by atoms with E-state index in [-0.39, 0.29) is 23.6 Å². The summed E-state index contributed by atoms with van der Waals surface area (Å²) in [6.45, 7) is 0. The summed E-state index contributed by atoms with van der Waals surface area (Å²) in [6, 6.07) is 14.3. The summed E-state index contributed by atoms with van der Waals surface area (Å²) in [5, 5.41) is 4.43. The lowest BCUT2D eigenvalue weighted by molar-refractivity contribution is -0.134. The van der Waals surface area contributed by atoms with Crippen molar-refractivity contribution in [1.82, 2.24) is 10.1 Å². The Kier molecular flexibility index (Phi) is 5.13. The average molecular weight is 363 g/mol. The molecule has 0 saturated carbocycles. The van der Waals surface area contributed by atoms with E-state index in [4.69, 9.17) is 32.5 Å². The van der Waals surface area contributed by atoms with Gasteiger partial charge in [0.05, 0.1) is 11.4 Å². The number of nitrogens with zero attached hydrogens (tertiary/aromatic N) is 2. The van der Waals surface area contributed by atoms with Gasteiger partial charge in [0.25, 0.3) is 0 Å². The molecular formula is C17H12Cl2N2O3. The fraction of sp³-hybridized carbons (Fsp3) is 0.118. The largest absolute Gasteiger partial charge is 0.425 e. The molecule has 0 bridgehead atoms. The summed E-state index contributed by atoms with van der Waals surface area (Å²) >= 11 is 11.9. The van der Waals surface area contributed by atoms with Gasteiger partial charge in [-0.25, -0.2) is 0 Å². The Morgan fingerprint density at radius 1 is 1.08 bits per heavy atom. The normalized spacial score (nSPS) is 10.6. The number of halogens is 2. The van der Waals surface area contributed by atoms with Crippen molar-refractivity contribution in [3.05, 3.63) is 64.5 Å². The molecule has 0 spiro atoms. The summed E-state index contributed by atoms with van der Waals surface area (Å²) in [4.78, 5) is 16.2. The summed E-state index contributed by atoms with van der Waals surface area (Å²) in [7, 11) is 0. The van der Waals surface area contributed by atoms with E-state index in [9.17, 15) is 4.79 Å². The van der Waals surface area contributed by atoms with Gasteiger partial charge in [0.15, 0.2) is 5.75 Å². The summed E-state index contributed by atoms with van der Waals surface area (Å²) in [5.41, 5.74) is 0.848. The zero-order valence-electron chi connectivity index (χ0n) is 12.4. The number of aryl methyl sites for hydroxylation is 1. The van der Waals surface area contributed by atoms with Crippen molar-refractivity contribution in [2.24, 2.45) is 0 Å². The highest BCUT2D eigenvalue weighted by Gasteiger charge is 2.14. The van der Waals surface area contributed by atoms with Crippen molar-refractivity contribution >= 4 is 29.2 Å². The predicted molar refractivity (Wildman–Crippen MR) is 90.2 cm³/mol. The van der Waals surface area contributed by atoms with Crippen LogP contribution in [0.4, 0.5) is 0 Å². The van der Waals surface area contributed by atoms with E-state index >= 15 is 0 Å². The van der Waals surface area contributed by atoms with Crippen LogP contribution in [-0.4, -0.2) is 16.1 Å². The van der Waals surface area contributed by atoms with E-state index in [1.807, 2.05) is 30.3 Å². The Labute approximate surface area is 148 Å². The lowest BCUT2D eigenvalue weighted by Crippen LogP contribution is -2.09. The molecule has 0 atom stereocenters. The molecule has 0 amide bonds. The smallest absolute Gasteiger partial charge is 0.311 e. The molecule has 0 radical (unpaired) electrons. The van der Waals surface area contributed by atoms with Crippen LogP contribution < -0.4 is 4.74 Å². The Morgan fingerprint density at radius 3 is 2.67 bits per heavy atom. The Bertz CT molecular complexity index is 850. The second-order valence-electron chi connectivity index (χ2n) is 4.90. The first-order valence-electron chi connectivity index (χ1n) is 7.16. The molecule has 0 aliphatic carbocycles. The summed E-state index contributed by atoms with van der Waals surface area (Å²) < 4.78 is 10.3. The first-order valence-corrected chi connectivity index (χ1v) is 7.92. The summed E-state index contributed by atoms with van der Waals surface area (Å²) in [5.74, 6) is 0.614. The van der Waals surface area contributed by atoms with Gasteiger partial charge in [0, 0.05) is 12.0 Å². The minimum absolute atomic E-state index is 0.0826. The molecule has 1 aromatic heterocycles. The van der Waals surface area contributed by atoms with Crippen LogP contribution in [0.3, 0.4) is 0 Å². The van der Waals surface area contributed by atoms with E-state index < -0.39 is 5.97 Å². The second-order valence-corrected chi connectivity index (χ2v) is 5.69. The molecular weight excluding hydrogens is 351 g/mol. The number of aromatic nitrogens is 2. The van der Waals surface area contributed by atoms with Crippen LogP contribution in [0, 0.1) is 0 Å². The van der Waals surface area contributed by atoms with E-state index in [0.717, 1.165) is 5.56 Å². The van der Waals surface area contributed by atoms with Crippen molar-refractivity contribution in [3.63, 3.8) is 0 Å². The minimum Gasteiger partial charge on any atom is -0.425 e. The minimum atomic E-state index is -0.460.